The number of hydrogen-bond donors (Lipinski definition) is 2. The lowest BCUT2D eigenvalue weighted by molar-refractivity contribution is 0.102. The van der Waals surface area contributed by atoms with Crippen molar-refractivity contribution in [2.75, 3.05) is 5.32 Å². The highest BCUT2D eigenvalue weighted by Gasteiger charge is 2.12. The zero-order valence-electron chi connectivity index (χ0n) is 10.3. The van der Waals surface area contributed by atoms with Gasteiger partial charge in [0.1, 0.15) is 5.69 Å². The molecule has 0 aliphatic heterocycles. The molecule has 0 atom stereocenters. The summed E-state index contributed by atoms with van der Waals surface area (Å²) in [5, 5.41) is 9.34. The van der Waals surface area contributed by atoms with Crippen molar-refractivity contribution in [2.45, 2.75) is 0 Å². The molecule has 0 radical (unpaired) electrons. The Kier molecular flexibility index (Phi) is 3.15. The summed E-state index contributed by atoms with van der Waals surface area (Å²) >= 11 is 0. The summed E-state index contributed by atoms with van der Waals surface area (Å²) in [6.45, 7) is 0. The van der Waals surface area contributed by atoms with Gasteiger partial charge in [-0.05, 0) is 24.3 Å². The summed E-state index contributed by atoms with van der Waals surface area (Å²) in [7, 11) is 0. The number of pyridine rings is 1. The molecule has 0 aliphatic carbocycles. The third-order valence-corrected chi connectivity index (χ3v) is 2.57. The Hall–Kier alpha value is -3.09. The topological polar surface area (TPSA) is 96.5 Å². The Balaban J connectivity index is 1.79. The maximum atomic E-state index is 12.0. The van der Waals surface area contributed by atoms with Crippen molar-refractivity contribution < 1.29 is 4.79 Å². The smallest absolute Gasteiger partial charge is 0.276 e. The monoisotopic (exact) mass is 266 g/mol. The average molecular weight is 266 g/mol. The number of aromatic amines is 1. The van der Waals surface area contributed by atoms with Crippen LogP contribution < -0.4 is 5.32 Å². The Bertz CT molecular complexity index is 710. The second-order valence-corrected chi connectivity index (χ2v) is 3.94. The molecule has 7 heteroatoms. The van der Waals surface area contributed by atoms with Crippen LogP contribution in [0.3, 0.4) is 0 Å². The number of carbonyl (C=O) groups excluding carboxylic acids is 1. The molecule has 3 rings (SSSR count). The summed E-state index contributed by atoms with van der Waals surface area (Å²) < 4.78 is 0. The Morgan fingerprint density at radius 1 is 1.15 bits per heavy atom. The van der Waals surface area contributed by atoms with Crippen molar-refractivity contribution in [1.82, 2.24) is 25.1 Å². The van der Waals surface area contributed by atoms with E-state index in [1.165, 1.54) is 0 Å². The SMILES string of the molecule is O=C(Nc1ncccn1)c1cc(-c2cccnc2)n[nH]1. The van der Waals surface area contributed by atoms with Crippen LogP contribution in [0.25, 0.3) is 11.3 Å². The molecule has 3 aromatic heterocycles. The van der Waals surface area contributed by atoms with E-state index < -0.39 is 0 Å². The lowest BCUT2D eigenvalue weighted by Crippen LogP contribution is -2.14. The molecule has 0 bridgehead atoms. The van der Waals surface area contributed by atoms with Gasteiger partial charge in [0.25, 0.3) is 5.91 Å². The van der Waals surface area contributed by atoms with Gasteiger partial charge < -0.3 is 0 Å². The van der Waals surface area contributed by atoms with Gasteiger partial charge in [-0.3, -0.25) is 20.2 Å². The van der Waals surface area contributed by atoms with E-state index in [0.29, 0.717) is 11.4 Å². The fraction of sp³-hybridized carbons (Fsp3) is 0. The van der Waals surface area contributed by atoms with E-state index in [1.54, 1.807) is 36.9 Å². The van der Waals surface area contributed by atoms with E-state index in [2.05, 4.69) is 30.5 Å². The van der Waals surface area contributed by atoms with Gasteiger partial charge >= 0.3 is 0 Å². The molecule has 0 saturated heterocycles. The van der Waals surface area contributed by atoms with Crippen LogP contribution in [-0.4, -0.2) is 31.1 Å². The van der Waals surface area contributed by atoms with Crippen molar-refractivity contribution in [3.05, 3.63) is 54.7 Å². The molecule has 0 fully saturated rings. The fourth-order valence-corrected chi connectivity index (χ4v) is 1.63. The van der Waals surface area contributed by atoms with Crippen LogP contribution in [0.15, 0.2) is 49.1 Å². The van der Waals surface area contributed by atoms with Gasteiger partial charge in [0, 0.05) is 30.4 Å². The van der Waals surface area contributed by atoms with E-state index in [0.717, 1.165) is 5.56 Å². The van der Waals surface area contributed by atoms with Crippen LogP contribution in [0.2, 0.25) is 0 Å². The number of nitrogens with one attached hydrogen (secondary N) is 2. The summed E-state index contributed by atoms with van der Waals surface area (Å²) in [4.78, 5) is 23.8. The maximum absolute atomic E-state index is 12.0. The number of rotatable bonds is 3. The lowest BCUT2D eigenvalue weighted by atomic mass is 10.2. The first-order chi connectivity index (χ1) is 9.83. The molecular formula is C13H10N6O. The van der Waals surface area contributed by atoms with Crippen molar-refractivity contribution >= 4 is 11.9 Å². The lowest BCUT2D eigenvalue weighted by Gasteiger charge is -1.99. The summed E-state index contributed by atoms with van der Waals surface area (Å²) in [5.74, 6) is -0.103. The molecule has 98 valence electrons. The minimum atomic E-state index is -0.348. The third-order valence-electron chi connectivity index (χ3n) is 2.57. The quantitative estimate of drug-likeness (QED) is 0.749. The second-order valence-electron chi connectivity index (χ2n) is 3.94. The first-order valence-electron chi connectivity index (χ1n) is 5.87. The molecule has 3 aromatic rings. The van der Waals surface area contributed by atoms with Crippen LogP contribution >= 0.6 is 0 Å². The predicted molar refractivity (Wildman–Crippen MR) is 71.8 cm³/mol. The Morgan fingerprint density at radius 3 is 2.75 bits per heavy atom. The molecule has 0 unspecified atom stereocenters. The van der Waals surface area contributed by atoms with E-state index in [9.17, 15) is 4.79 Å². The predicted octanol–water partition coefficient (Wildman–Crippen LogP) is 1.51. The molecule has 2 N–H and O–H groups in total. The minimum Gasteiger partial charge on any atom is -0.289 e. The van der Waals surface area contributed by atoms with Crippen molar-refractivity contribution in [2.24, 2.45) is 0 Å². The molecule has 0 aromatic carbocycles. The van der Waals surface area contributed by atoms with E-state index in [-0.39, 0.29) is 11.9 Å². The van der Waals surface area contributed by atoms with Gasteiger partial charge in [-0.1, -0.05) is 0 Å². The number of aromatic nitrogens is 5. The van der Waals surface area contributed by atoms with Crippen molar-refractivity contribution in [1.29, 1.82) is 0 Å². The first-order valence-corrected chi connectivity index (χ1v) is 5.87. The van der Waals surface area contributed by atoms with Crippen LogP contribution in [-0.2, 0) is 0 Å². The zero-order valence-corrected chi connectivity index (χ0v) is 10.3. The van der Waals surface area contributed by atoms with Crippen molar-refractivity contribution in [3.8, 4) is 11.3 Å². The number of H-pyrrole nitrogens is 1. The van der Waals surface area contributed by atoms with Crippen LogP contribution in [0, 0.1) is 0 Å². The third kappa shape index (κ3) is 2.51. The highest BCUT2D eigenvalue weighted by Crippen LogP contribution is 2.16. The first kappa shape index (κ1) is 12.0. The molecule has 7 nitrogen and oxygen atoms in total. The number of anilines is 1. The van der Waals surface area contributed by atoms with Gasteiger partial charge in [0.05, 0.1) is 5.69 Å². The molecular weight excluding hydrogens is 256 g/mol. The van der Waals surface area contributed by atoms with Crippen molar-refractivity contribution in [3.63, 3.8) is 0 Å². The van der Waals surface area contributed by atoms with Crippen LogP contribution in [0.1, 0.15) is 10.5 Å². The fourth-order valence-electron chi connectivity index (χ4n) is 1.63. The Morgan fingerprint density at radius 2 is 2.00 bits per heavy atom. The van der Waals surface area contributed by atoms with E-state index in [4.69, 9.17) is 0 Å². The molecule has 0 spiro atoms. The maximum Gasteiger partial charge on any atom is 0.276 e. The average Bonchev–Trinajstić information content (AvgIpc) is 2.99. The highest BCUT2D eigenvalue weighted by molar-refractivity contribution is 6.02. The summed E-state index contributed by atoms with van der Waals surface area (Å²) in [6.07, 6.45) is 6.46. The Labute approximate surface area is 114 Å². The van der Waals surface area contributed by atoms with Gasteiger partial charge in [-0.2, -0.15) is 5.10 Å². The molecule has 1 amide bonds. The number of amides is 1. The minimum absolute atomic E-state index is 0.245. The largest absolute Gasteiger partial charge is 0.289 e. The van der Waals surface area contributed by atoms with Crippen LogP contribution in [0.4, 0.5) is 5.95 Å². The van der Waals surface area contributed by atoms with E-state index in [1.807, 2.05) is 12.1 Å². The molecule has 0 saturated carbocycles. The second kappa shape index (κ2) is 5.27. The number of nitrogens with zero attached hydrogens (tertiary/aromatic N) is 4. The van der Waals surface area contributed by atoms with Gasteiger partial charge in [-0.15, -0.1) is 0 Å². The van der Waals surface area contributed by atoms with Gasteiger partial charge in [0.15, 0.2) is 0 Å². The standard InChI is InChI=1S/C13H10N6O/c20-12(17-13-15-5-2-6-16-13)11-7-10(18-19-11)9-3-1-4-14-8-9/h1-8H,(H,18,19)(H,15,16,17,20). The number of carbonyl (C=O) groups is 1. The zero-order chi connectivity index (χ0) is 13.8. The molecule has 20 heavy (non-hydrogen) atoms. The molecule has 0 aliphatic rings. The normalized spacial score (nSPS) is 10.2. The summed E-state index contributed by atoms with van der Waals surface area (Å²) in [5.41, 5.74) is 1.81. The highest BCUT2D eigenvalue weighted by atomic mass is 16.2. The number of hydrogen-bond acceptors (Lipinski definition) is 5. The van der Waals surface area contributed by atoms with Gasteiger partial charge in [0.2, 0.25) is 5.95 Å². The van der Waals surface area contributed by atoms with E-state index >= 15 is 0 Å². The van der Waals surface area contributed by atoms with Crippen LogP contribution in [0.5, 0.6) is 0 Å². The van der Waals surface area contributed by atoms with Gasteiger partial charge in [-0.25, -0.2) is 9.97 Å². The molecule has 3 heterocycles. The summed E-state index contributed by atoms with van der Waals surface area (Å²) in [6, 6.07) is 6.99.